The maximum Gasteiger partial charge on any atom is 0.225 e. The lowest BCUT2D eigenvalue weighted by Gasteiger charge is -2.06. The van der Waals surface area contributed by atoms with Crippen LogP contribution in [0.5, 0.6) is 5.88 Å². The van der Waals surface area contributed by atoms with Gasteiger partial charge in [-0.1, -0.05) is 6.07 Å². The summed E-state index contributed by atoms with van der Waals surface area (Å²) in [7, 11) is 1.63. The monoisotopic (exact) mass is 300 g/mol. The molecule has 0 saturated carbocycles. The maximum absolute atomic E-state index is 5.23. The molecule has 0 aliphatic heterocycles. The van der Waals surface area contributed by atoms with Crippen LogP contribution in [-0.4, -0.2) is 17.1 Å². The van der Waals surface area contributed by atoms with E-state index >= 15 is 0 Å². The van der Waals surface area contributed by atoms with Gasteiger partial charge in [0.05, 0.1) is 18.0 Å². The fraction of sp³-hybridized carbons (Fsp3) is 0.200. The first-order valence-corrected chi connectivity index (χ1v) is 5.27. The molecule has 1 aromatic carbocycles. The van der Waals surface area contributed by atoms with Crippen LogP contribution in [0.3, 0.4) is 0 Å². The Morgan fingerprint density at radius 1 is 1.29 bits per heavy atom. The predicted octanol–water partition coefficient (Wildman–Crippen LogP) is 2.55. The second-order valence-corrected chi connectivity index (χ2v) is 4.08. The SMILES string of the molecule is COc1nc(C)nc2cccc(I)c12. The molecule has 0 radical (unpaired) electrons. The topological polar surface area (TPSA) is 35.0 Å². The number of halogens is 1. The Balaban J connectivity index is 2.88. The van der Waals surface area contributed by atoms with Crippen molar-refractivity contribution in [2.45, 2.75) is 6.92 Å². The lowest BCUT2D eigenvalue weighted by Crippen LogP contribution is -1.96. The number of hydrogen-bond acceptors (Lipinski definition) is 3. The molecule has 0 aliphatic rings. The van der Waals surface area contributed by atoms with Gasteiger partial charge in [-0.05, 0) is 41.6 Å². The fourth-order valence-electron chi connectivity index (χ4n) is 1.37. The van der Waals surface area contributed by atoms with E-state index in [0.29, 0.717) is 5.88 Å². The van der Waals surface area contributed by atoms with Crippen molar-refractivity contribution in [3.63, 3.8) is 0 Å². The van der Waals surface area contributed by atoms with E-state index in [9.17, 15) is 0 Å². The molecule has 4 heteroatoms. The van der Waals surface area contributed by atoms with Crippen LogP contribution in [0.2, 0.25) is 0 Å². The summed E-state index contributed by atoms with van der Waals surface area (Å²) in [4.78, 5) is 8.59. The van der Waals surface area contributed by atoms with Crippen molar-refractivity contribution in [2.75, 3.05) is 7.11 Å². The number of rotatable bonds is 1. The Bertz CT molecular complexity index is 485. The summed E-state index contributed by atoms with van der Waals surface area (Å²) in [5.41, 5.74) is 0.932. The summed E-state index contributed by atoms with van der Waals surface area (Å²) < 4.78 is 6.34. The first-order chi connectivity index (χ1) is 6.72. The third kappa shape index (κ3) is 1.54. The zero-order valence-electron chi connectivity index (χ0n) is 7.91. The van der Waals surface area contributed by atoms with Crippen molar-refractivity contribution in [1.82, 2.24) is 9.97 Å². The lowest BCUT2D eigenvalue weighted by molar-refractivity contribution is 0.401. The number of hydrogen-bond donors (Lipinski definition) is 0. The van der Waals surface area contributed by atoms with Crippen LogP contribution in [0.4, 0.5) is 0 Å². The fourth-order valence-corrected chi connectivity index (χ4v) is 2.08. The lowest BCUT2D eigenvalue weighted by atomic mass is 10.2. The average Bonchev–Trinajstić information content (AvgIpc) is 2.16. The highest BCUT2D eigenvalue weighted by Gasteiger charge is 2.08. The molecule has 72 valence electrons. The van der Waals surface area contributed by atoms with Crippen molar-refractivity contribution < 1.29 is 4.74 Å². The van der Waals surface area contributed by atoms with Gasteiger partial charge in [0.1, 0.15) is 5.82 Å². The molecule has 3 nitrogen and oxygen atoms in total. The highest BCUT2D eigenvalue weighted by molar-refractivity contribution is 14.1. The van der Waals surface area contributed by atoms with E-state index in [-0.39, 0.29) is 0 Å². The van der Waals surface area contributed by atoms with E-state index in [2.05, 4.69) is 32.6 Å². The van der Waals surface area contributed by atoms with Gasteiger partial charge in [0.2, 0.25) is 5.88 Å². The average molecular weight is 300 g/mol. The van der Waals surface area contributed by atoms with Gasteiger partial charge < -0.3 is 4.74 Å². The van der Waals surface area contributed by atoms with Crippen LogP contribution >= 0.6 is 22.6 Å². The molecule has 0 fully saturated rings. The molecule has 2 rings (SSSR count). The molecule has 0 N–H and O–H groups in total. The number of aryl methyl sites for hydroxylation is 1. The summed E-state index contributed by atoms with van der Waals surface area (Å²) in [5, 5.41) is 0.987. The molecule has 0 atom stereocenters. The third-order valence-corrected chi connectivity index (χ3v) is 2.84. The second-order valence-electron chi connectivity index (χ2n) is 2.91. The van der Waals surface area contributed by atoms with Crippen molar-refractivity contribution in [3.05, 3.63) is 27.6 Å². The molecule has 0 amide bonds. The van der Waals surface area contributed by atoms with Crippen molar-refractivity contribution in [1.29, 1.82) is 0 Å². The van der Waals surface area contributed by atoms with Gasteiger partial charge in [-0.15, -0.1) is 0 Å². The largest absolute Gasteiger partial charge is 0.480 e. The van der Waals surface area contributed by atoms with Gasteiger partial charge in [0.25, 0.3) is 0 Å². The second kappa shape index (κ2) is 3.68. The van der Waals surface area contributed by atoms with Gasteiger partial charge >= 0.3 is 0 Å². The van der Waals surface area contributed by atoms with Crippen LogP contribution < -0.4 is 4.74 Å². The van der Waals surface area contributed by atoms with E-state index in [1.807, 2.05) is 25.1 Å². The number of aromatic nitrogens is 2. The Kier molecular flexibility index (Phi) is 2.54. The van der Waals surface area contributed by atoms with Crippen LogP contribution in [-0.2, 0) is 0 Å². The van der Waals surface area contributed by atoms with Crippen LogP contribution in [0.15, 0.2) is 18.2 Å². The number of nitrogens with zero attached hydrogens (tertiary/aromatic N) is 2. The Labute approximate surface area is 95.7 Å². The van der Waals surface area contributed by atoms with E-state index in [0.717, 1.165) is 20.3 Å². The van der Waals surface area contributed by atoms with E-state index in [1.165, 1.54) is 0 Å². The molecule has 14 heavy (non-hydrogen) atoms. The van der Waals surface area contributed by atoms with Gasteiger partial charge in [-0.2, -0.15) is 4.98 Å². The molecule has 1 aromatic heterocycles. The minimum atomic E-state index is 0.650. The Morgan fingerprint density at radius 3 is 2.79 bits per heavy atom. The van der Waals surface area contributed by atoms with Crippen LogP contribution in [0.25, 0.3) is 10.9 Å². The molecule has 0 bridgehead atoms. The molecular weight excluding hydrogens is 291 g/mol. The van der Waals surface area contributed by atoms with Gasteiger partial charge in [0, 0.05) is 3.57 Å². The van der Waals surface area contributed by atoms with Gasteiger partial charge in [-0.3, -0.25) is 0 Å². The van der Waals surface area contributed by atoms with Crippen molar-refractivity contribution >= 4 is 33.5 Å². The number of ether oxygens (including phenoxy) is 1. The quantitative estimate of drug-likeness (QED) is 0.759. The van der Waals surface area contributed by atoms with Crippen LogP contribution in [0.1, 0.15) is 5.82 Å². The number of benzene rings is 1. The highest BCUT2D eigenvalue weighted by Crippen LogP contribution is 2.26. The summed E-state index contributed by atoms with van der Waals surface area (Å²) in [5.74, 6) is 1.38. The summed E-state index contributed by atoms with van der Waals surface area (Å²) >= 11 is 2.26. The Morgan fingerprint density at radius 2 is 2.07 bits per heavy atom. The first kappa shape index (κ1) is 9.64. The molecule has 0 saturated heterocycles. The van der Waals surface area contributed by atoms with Crippen LogP contribution in [0, 0.1) is 10.5 Å². The predicted molar refractivity (Wildman–Crippen MR) is 63.5 cm³/mol. The van der Waals surface area contributed by atoms with Crippen molar-refractivity contribution in [2.24, 2.45) is 0 Å². The highest BCUT2D eigenvalue weighted by atomic mass is 127. The maximum atomic E-state index is 5.23. The molecule has 0 unspecified atom stereocenters. The van der Waals surface area contributed by atoms with E-state index < -0.39 is 0 Å². The van der Waals surface area contributed by atoms with E-state index in [4.69, 9.17) is 4.74 Å². The minimum absolute atomic E-state index is 0.650. The zero-order valence-corrected chi connectivity index (χ0v) is 10.1. The van der Waals surface area contributed by atoms with Gasteiger partial charge in [-0.25, -0.2) is 4.98 Å². The number of fused-ring (bicyclic) bond motifs is 1. The summed E-state index contributed by atoms with van der Waals surface area (Å²) in [6.07, 6.45) is 0. The summed E-state index contributed by atoms with van der Waals surface area (Å²) in [6, 6.07) is 5.97. The molecular formula is C10H9IN2O. The Hall–Kier alpha value is -0.910. The van der Waals surface area contributed by atoms with Gasteiger partial charge in [0.15, 0.2) is 0 Å². The standard InChI is InChI=1S/C10H9IN2O/c1-6-12-8-5-3-4-7(11)9(8)10(13-6)14-2/h3-5H,1-2H3. The van der Waals surface area contributed by atoms with Crippen molar-refractivity contribution in [3.8, 4) is 5.88 Å². The molecule has 1 heterocycles. The third-order valence-electron chi connectivity index (χ3n) is 1.94. The molecule has 2 aromatic rings. The van der Waals surface area contributed by atoms with E-state index in [1.54, 1.807) is 7.11 Å². The normalized spacial score (nSPS) is 10.5. The number of methoxy groups -OCH3 is 1. The summed E-state index contributed by atoms with van der Waals surface area (Å²) in [6.45, 7) is 1.86. The smallest absolute Gasteiger partial charge is 0.225 e. The zero-order chi connectivity index (χ0) is 10.1. The molecule has 0 spiro atoms. The first-order valence-electron chi connectivity index (χ1n) is 4.19. The minimum Gasteiger partial charge on any atom is -0.480 e. The molecule has 0 aliphatic carbocycles.